The van der Waals surface area contributed by atoms with Crippen LogP contribution in [0.3, 0.4) is 0 Å². The lowest BCUT2D eigenvalue weighted by atomic mass is 10.1. The summed E-state index contributed by atoms with van der Waals surface area (Å²) in [6.45, 7) is 4.49. The van der Waals surface area contributed by atoms with Gasteiger partial charge >= 0.3 is 0 Å². The van der Waals surface area contributed by atoms with Gasteiger partial charge in [-0.2, -0.15) is 5.10 Å². The number of hydrogen-bond donors (Lipinski definition) is 2. The molecule has 7 heteroatoms. The first-order valence-corrected chi connectivity index (χ1v) is 9.02. The predicted octanol–water partition coefficient (Wildman–Crippen LogP) is 1.57. The highest BCUT2D eigenvalue weighted by atomic mass is 16.2. The van der Waals surface area contributed by atoms with Gasteiger partial charge in [0.25, 0.3) is 5.91 Å². The summed E-state index contributed by atoms with van der Waals surface area (Å²) in [5.41, 5.74) is 2.90. The minimum absolute atomic E-state index is 0.137. The van der Waals surface area contributed by atoms with Crippen molar-refractivity contribution in [3.63, 3.8) is 0 Å². The highest BCUT2D eigenvalue weighted by Gasteiger charge is 2.29. The van der Waals surface area contributed by atoms with E-state index in [-0.39, 0.29) is 36.3 Å². The maximum atomic E-state index is 12.6. The van der Waals surface area contributed by atoms with Crippen LogP contribution in [0.4, 0.5) is 5.69 Å². The molecule has 138 valence electrons. The number of rotatable bonds is 3. The number of nitrogens with zero attached hydrogens (tertiary/aromatic N) is 2. The van der Waals surface area contributed by atoms with Gasteiger partial charge in [-0.05, 0) is 50.3 Å². The Morgan fingerprint density at radius 3 is 2.85 bits per heavy atom. The zero-order valence-corrected chi connectivity index (χ0v) is 15.2. The van der Waals surface area contributed by atoms with Gasteiger partial charge in [0.05, 0.1) is 5.69 Å². The molecule has 3 amide bonds. The Morgan fingerprint density at radius 1 is 1.23 bits per heavy atom. The van der Waals surface area contributed by atoms with Crippen molar-refractivity contribution in [2.75, 3.05) is 11.6 Å². The second kappa shape index (κ2) is 7.68. The third-order valence-corrected chi connectivity index (χ3v) is 4.73. The quantitative estimate of drug-likeness (QED) is 0.861. The second-order valence-corrected chi connectivity index (χ2v) is 6.86. The fraction of sp³-hybridized carbons (Fsp3) is 0.474. The van der Waals surface area contributed by atoms with Crippen molar-refractivity contribution in [3.05, 3.63) is 29.3 Å². The van der Waals surface area contributed by atoms with Crippen molar-refractivity contribution in [3.8, 4) is 0 Å². The first-order chi connectivity index (χ1) is 12.5. The van der Waals surface area contributed by atoms with Crippen LogP contribution in [0.2, 0.25) is 0 Å². The van der Waals surface area contributed by atoms with Gasteiger partial charge in [-0.3, -0.25) is 14.4 Å². The molecule has 1 saturated heterocycles. The summed E-state index contributed by atoms with van der Waals surface area (Å²) in [6.07, 6.45) is 2.90. The van der Waals surface area contributed by atoms with Crippen LogP contribution in [-0.2, 0) is 14.4 Å². The van der Waals surface area contributed by atoms with E-state index < -0.39 is 6.04 Å². The summed E-state index contributed by atoms with van der Waals surface area (Å²) in [4.78, 5) is 37.0. The number of nitrogens with one attached hydrogen (secondary N) is 2. The lowest BCUT2D eigenvalue weighted by molar-refractivity contribution is -0.126. The molecule has 0 bridgehead atoms. The number of aryl methyl sites for hydroxylation is 2. The zero-order valence-electron chi connectivity index (χ0n) is 15.2. The largest absolute Gasteiger partial charge is 0.354 e. The summed E-state index contributed by atoms with van der Waals surface area (Å²) in [5.74, 6) is -0.674. The molecular weight excluding hydrogens is 332 g/mol. The predicted molar refractivity (Wildman–Crippen MR) is 98.9 cm³/mol. The monoisotopic (exact) mass is 356 g/mol. The number of hydrogen-bond acceptors (Lipinski definition) is 4. The van der Waals surface area contributed by atoms with Crippen molar-refractivity contribution in [1.82, 2.24) is 10.6 Å². The van der Waals surface area contributed by atoms with E-state index in [0.29, 0.717) is 18.7 Å². The molecule has 2 aliphatic heterocycles. The Morgan fingerprint density at radius 2 is 2.04 bits per heavy atom. The maximum absolute atomic E-state index is 12.6. The number of amides is 3. The van der Waals surface area contributed by atoms with Crippen LogP contribution < -0.4 is 15.6 Å². The minimum atomic E-state index is -0.542. The Kier molecular flexibility index (Phi) is 5.35. The molecule has 0 saturated carbocycles. The van der Waals surface area contributed by atoms with Crippen molar-refractivity contribution in [2.24, 2.45) is 5.10 Å². The van der Waals surface area contributed by atoms with Crippen molar-refractivity contribution >= 4 is 29.1 Å². The molecule has 1 atom stereocenters. The smallest absolute Gasteiger partial charge is 0.268 e. The first kappa shape index (κ1) is 18.1. The maximum Gasteiger partial charge on any atom is 0.268 e. The highest BCUT2D eigenvalue weighted by Crippen LogP contribution is 2.25. The van der Waals surface area contributed by atoms with Gasteiger partial charge < -0.3 is 10.6 Å². The second-order valence-electron chi connectivity index (χ2n) is 6.86. The van der Waals surface area contributed by atoms with Gasteiger partial charge in [-0.15, -0.1) is 0 Å². The molecule has 2 heterocycles. The minimum Gasteiger partial charge on any atom is -0.354 e. The van der Waals surface area contributed by atoms with Crippen LogP contribution >= 0.6 is 0 Å². The van der Waals surface area contributed by atoms with E-state index in [4.69, 9.17) is 0 Å². The first-order valence-electron chi connectivity index (χ1n) is 9.02. The molecule has 0 aliphatic carbocycles. The van der Waals surface area contributed by atoms with E-state index >= 15 is 0 Å². The molecular formula is C19H24N4O3. The molecule has 2 N–H and O–H groups in total. The molecule has 0 spiro atoms. The lowest BCUT2D eigenvalue weighted by Crippen LogP contribution is -2.49. The van der Waals surface area contributed by atoms with Gasteiger partial charge in [0.1, 0.15) is 11.8 Å². The Labute approximate surface area is 152 Å². The molecule has 0 aromatic heterocycles. The van der Waals surface area contributed by atoms with Crippen LogP contribution in [0, 0.1) is 13.8 Å². The molecule has 2 aliphatic rings. The lowest BCUT2D eigenvalue weighted by Gasteiger charge is -2.25. The van der Waals surface area contributed by atoms with Crippen molar-refractivity contribution < 1.29 is 14.4 Å². The van der Waals surface area contributed by atoms with Gasteiger partial charge in [-0.25, -0.2) is 5.01 Å². The van der Waals surface area contributed by atoms with E-state index in [9.17, 15) is 14.4 Å². The number of carbonyl (C=O) groups excluding carboxylic acids is 3. The van der Waals surface area contributed by atoms with Crippen molar-refractivity contribution in [2.45, 2.75) is 52.0 Å². The normalized spacial score (nSPS) is 20.9. The molecule has 1 aromatic rings. The molecule has 3 rings (SSSR count). The summed E-state index contributed by atoms with van der Waals surface area (Å²) < 4.78 is 0. The zero-order chi connectivity index (χ0) is 18.7. The number of anilines is 1. The number of benzene rings is 1. The average Bonchev–Trinajstić information content (AvgIpc) is 2.82. The number of hydrazone groups is 1. The van der Waals surface area contributed by atoms with Crippen LogP contribution in [-0.4, -0.2) is 36.0 Å². The Balaban J connectivity index is 1.80. The van der Waals surface area contributed by atoms with E-state index in [1.165, 1.54) is 5.01 Å². The van der Waals surface area contributed by atoms with E-state index in [0.717, 1.165) is 24.0 Å². The topological polar surface area (TPSA) is 90.9 Å². The van der Waals surface area contributed by atoms with Crippen LogP contribution in [0.5, 0.6) is 0 Å². The van der Waals surface area contributed by atoms with Gasteiger partial charge in [0.15, 0.2) is 0 Å². The standard InChI is InChI=1S/C19H24N4O3/c1-12-6-7-13(2)16(11-12)23-17(24)9-8-15(22-23)19(26)21-14-5-3-4-10-20-18(14)25/h6-7,11,14H,3-5,8-10H2,1-2H3,(H,20,25)(H,21,26). The Bertz CT molecular complexity index is 772. The van der Waals surface area contributed by atoms with Gasteiger partial charge in [0.2, 0.25) is 11.8 Å². The summed E-state index contributed by atoms with van der Waals surface area (Å²) >= 11 is 0. The summed E-state index contributed by atoms with van der Waals surface area (Å²) in [7, 11) is 0. The Hall–Kier alpha value is -2.70. The summed E-state index contributed by atoms with van der Waals surface area (Å²) in [5, 5.41) is 11.2. The molecule has 1 unspecified atom stereocenters. The SMILES string of the molecule is Cc1ccc(C)c(N2N=C(C(=O)NC3CCCCNC3=O)CCC2=O)c1. The van der Waals surface area contributed by atoms with Crippen LogP contribution in [0.15, 0.2) is 23.3 Å². The summed E-state index contributed by atoms with van der Waals surface area (Å²) in [6, 6.07) is 5.24. The highest BCUT2D eigenvalue weighted by molar-refractivity contribution is 6.40. The van der Waals surface area contributed by atoms with Crippen molar-refractivity contribution in [1.29, 1.82) is 0 Å². The third kappa shape index (κ3) is 3.92. The average molecular weight is 356 g/mol. The van der Waals surface area contributed by atoms with Gasteiger partial charge in [-0.1, -0.05) is 12.1 Å². The third-order valence-electron chi connectivity index (χ3n) is 4.73. The fourth-order valence-electron chi connectivity index (χ4n) is 3.17. The van der Waals surface area contributed by atoms with Gasteiger partial charge in [0, 0.05) is 19.4 Å². The van der Waals surface area contributed by atoms with Crippen LogP contribution in [0.1, 0.15) is 43.2 Å². The number of carbonyl (C=O) groups is 3. The molecule has 0 radical (unpaired) electrons. The molecule has 26 heavy (non-hydrogen) atoms. The fourth-order valence-corrected chi connectivity index (χ4v) is 3.17. The molecule has 1 aromatic carbocycles. The van der Waals surface area contributed by atoms with Crippen LogP contribution in [0.25, 0.3) is 0 Å². The molecule has 1 fully saturated rings. The van der Waals surface area contributed by atoms with E-state index in [2.05, 4.69) is 15.7 Å². The molecule has 7 nitrogen and oxygen atoms in total. The van der Waals surface area contributed by atoms with E-state index in [1.54, 1.807) is 0 Å². The van der Waals surface area contributed by atoms with E-state index in [1.807, 2.05) is 32.0 Å².